The molecule has 0 unspecified atom stereocenters. The van der Waals surface area contributed by atoms with Gasteiger partial charge in [-0.05, 0) is 18.2 Å². The number of rotatable bonds is 4. The van der Waals surface area contributed by atoms with Crippen LogP contribution in [0.15, 0.2) is 18.2 Å². The highest BCUT2D eigenvalue weighted by Gasteiger charge is 2.14. The molecule has 1 aromatic rings. The molecule has 0 atom stereocenters. The summed E-state index contributed by atoms with van der Waals surface area (Å²) >= 11 is 4.70. The third kappa shape index (κ3) is 3.39. The number of ether oxygens (including phenoxy) is 1. The lowest BCUT2D eigenvalue weighted by atomic mass is 10.2. The molecule has 1 rings (SSSR count). The maximum absolute atomic E-state index is 13.4. The van der Waals surface area contributed by atoms with Crippen molar-refractivity contribution in [2.75, 3.05) is 20.7 Å². The zero-order valence-electron chi connectivity index (χ0n) is 9.57. The van der Waals surface area contributed by atoms with Crippen molar-refractivity contribution in [3.8, 4) is 5.75 Å². The van der Waals surface area contributed by atoms with Crippen molar-refractivity contribution in [2.45, 2.75) is 0 Å². The highest BCUT2D eigenvalue weighted by Crippen LogP contribution is 2.18. The van der Waals surface area contributed by atoms with E-state index in [1.807, 2.05) is 0 Å². The standard InChI is InChI=1S/C11H13FN2O2S/c1-14(6-10(13)17)11(15)7-3-4-9(16-2)8(12)5-7/h3-5H,6H2,1-2H3,(H2,13,17). The predicted molar refractivity (Wildman–Crippen MR) is 66.7 cm³/mol. The topological polar surface area (TPSA) is 55.6 Å². The minimum Gasteiger partial charge on any atom is -0.494 e. The molecule has 0 fully saturated rings. The highest BCUT2D eigenvalue weighted by atomic mass is 32.1. The lowest BCUT2D eigenvalue weighted by molar-refractivity contribution is 0.0814. The fourth-order valence-electron chi connectivity index (χ4n) is 1.33. The minimum atomic E-state index is -0.581. The van der Waals surface area contributed by atoms with E-state index in [2.05, 4.69) is 0 Å². The van der Waals surface area contributed by atoms with E-state index in [1.54, 1.807) is 7.05 Å². The van der Waals surface area contributed by atoms with E-state index >= 15 is 0 Å². The predicted octanol–water partition coefficient (Wildman–Crippen LogP) is 1.19. The molecule has 0 saturated heterocycles. The van der Waals surface area contributed by atoms with Crippen molar-refractivity contribution in [2.24, 2.45) is 5.73 Å². The Morgan fingerprint density at radius 2 is 2.24 bits per heavy atom. The summed E-state index contributed by atoms with van der Waals surface area (Å²) in [7, 11) is 2.91. The third-order valence-corrected chi connectivity index (χ3v) is 2.27. The van der Waals surface area contributed by atoms with Gasteiger partial charge in [-0.15, -0.1) is 0 Å². The van der Waals surface area contributed by atoms with E-state index in [4.69, 9.17) is 22.7 Å². The van der Waals surface area contributed by atoms with Gasteiger partial charge in [0.2, 0.25) is 0 Å². The second-order valence-electron chi connectivity index (χ2n) is 3.48. The maximum atomic E-state index is 13.4. The average Bonchev–Trinajstić information content (AvgIpc) is 2.27. The highest BCUT2D eigenvalue weighted by molar-refractivity contribution is 7.80. The Morgan fingerprint density at radius 3 is 2.71 bits per heavy atom. The van der Waals surface area contributed by atoms with Gasteiger partial charge in [0.1, 0.15) is 0 Å². The molecule has 0 bridgehead atoms. The molecular formula is C11H13FN2O2S. The van der Waals surface area contributed by atoms with Gasteiger partial charge in [0, 0.05) is 12.6 Å². The summed E-state index contributed by atoms with van der Waals surface area (Å²) in [6.45, 7) is 0.155. The molecule has 92 valence electrons. The van der Waals surface area contributed by atoms with E-state index in [1.165, 1.54) is 24.1 Å². The maximum Gasteiger partial charge on any atom is 0.254 e. The molecule has 0 aliphatic rings. The number of amides is 1. The Morgan fingerprint density at radius 1 is 1.59 bits per heavy atom. The Hall–Kier alpha value is -1.69. The van der Waals surface area contributed by atoms with Crippen molar-refractivity contribution in [1.29, 1.82) is 0 Å². The summed E-state index contributed by atoms with van der Waals surface area (Å²) in [6, 6.07) is 4.01. The Balaban J connectivity index is 2.89. The number of thiocarbonyl (C=S) groups is 1. The van der Waals surface area contributed by atoms with Crippen molar-refractivity contribution in [3.63, 3.8) is 0 Å². The molecule has 0 aromatic heterocycles. The Labute approximate surface area is 104 Å². The number of carbonyl (C=O) groups excluding carboxylic acids is 1. The van der Waals surface area contributed by atoms with Crippen LogP contribution >= 0.6 is 12.2 Å². The fraction of sp³-hybridized carbons (Fsp3) is 0.273. The number of likely N-dealkylation sites (N-methyl/N-ethyl adjacent to an activating group) is 1. The van der Waals surface area contributed by atoms with Gasteiger partial charge in [-0.2, -0.15) is 0 Å². The van der Waals surface area contributed by atoms with Crippen LogP contribution in [0.4, 0.5) is 4.39 Å². The van der Waals surface area contributed by atoms with Crippen molar-refractivity contribution >= 4 is 23.1 Å². The second kappa shape index (κ2) is 5.58. The minimum absolute atomic E-state index is 0.0959. The number of nitrogens with two attached hydrogens (primary N) is 1. The number of hydrogen-bond donors (Lipinski definition) is 1. The molecule has 0 aliphatic carbocycles. The summed E-state index contributed by atoms with van der Waals surface area (Å²) in [6.07, 6.45) is 0. The van der Waals surface area contributed by atoms with Crippen LogP contribution in [0.3, 0.4) is 0 Å². The summed E-state index contributed by atoms with van der Waals surface area (Å²) in [5, 5.41) is 0. The number of hydrogen-bond acceptors (Lipinski definition) is 3. The lowest BCUT2D eigenvalue weighted by Gasteiger charge is -2.16. The van der Waals surface area contributed by atoms with Crippen molar-refractivity contribution in [3.05, 3.63) is 29.6 Å². The normalized spacial score (nSPS) is 9.82. The number of nitrogens with zero attached hydrogens (tertiary/aromatic N) is 1. The Kier molecular flexibility index (Phi) is 4.39. The van der Waals surface area contributed by atoms with Crippen LogP contribution in [0.2, 0.25) is 0 Å². The smallest absolute Gasteiger partial charge is 0.254 e. The Bertz CT molecular complexity index is 451. The van der Waals surface area contributed by atoms with E-state index in [0.29, 0.717) is 0 Å². The van der Waals surface area contributed by atoms with Gasteiger partial charge >= 0.3 is 0 Å². The number of methoxy groups -OCH3 is 1. The number of carbonyl (C=O) groups is 1. The summed E-state index contributed by atoms with van der Waals surface area (Å²) in [5.74, 6) is -0.833. The first-order valence-corrected chi connectivity index (χ1v) is 5.24. The van der Waals surface area contributed by atoms with Gasteiger partial charge in [0.15, 0.2) is 11.6 Å². The largest absolute Gasteiger partial charge is 0.494 e. The van der Waals surface area contributed by atoms with Gasteiger partial charge in [0.05, 0.1) is 18.6 Å². The monoisotopic (exact) mass is 256 g/mol. The summed E-state index contributed by atoms with van der Waals surface area (Å²) < 4.78 is 18.2. The lowest BCUT2D eigenvalue weighted by Crippen LogP contribution is -2.34. The molecule has 2 N–H and O–H groups in total. The fourth-order valence-corrected chi connectivity index (χ4v) is 1.52. The van der Waals surface area contributed by atoms with E-state index in [9.17, 15) is 9.18 Å². The molecule has 4 nitrogen and oxygen atoms in total. The molecule has 1 amide bonds. The van der Waals surface area contributed by atoms with Crippen LogP contribution in [0.1, 0.15) is 10.4 Å². The van der Waals surface area contributed by atoms with Gasteiger partial charge in [-0.25, -0.2) is 4.39 Å². The molecular weight excluding hydrogens is 243 g/mol. The first-order chi connectivity index (χ1) is 7.95. The van der Waals surface area contributed by atoms with Crippen molar-refractivity contribution in [1.82, 2.24) is 4.90 Å². The van der Waals surface area contributed by atoms with E-state index in [0.717, 1.165) is 6.07 Å². The van der Waals surface area contributed by atoms with Crippen LogP contribution in [0, 0.1) is 5.82 Å². The molecule has 0 radical (unpaired) electrons. The molecule has 0 spiro atoms. The van der Waals surface area contributed by atoms with Crippen LogP contribution in [-0.2, 0) is 0 Å². The van der Waals surface area contributed by atoms with E-state index < -0.39 is 5.82 Å². The van der Waals surface area contributed by atoms with Crippen LogP contribution in [-0.4, -0.2) is 36.5 Å². The van der Waals surface area contributed by atoms with Gasteiger partial charge in [-0.3, -0.25) is 4.79 Å². The quantitative estimate of drug-likeness (QED) is 0.822. The first-order valence-electron chi connectivity index (χ1n) is 4.83. The van der Waals surface area contributed by atoms with Crippen LogP contribution < -0.4 is 10.5 Å². The SMILES string of the molecule is COc1ccc(C(=O)N(C)CC(N)=S)cc1F. The summed E-state index contributed by atoms with van der Waals surface area (Å²) in [4.78, 5) is 13.4. The number of halogens is 1. The number of benzene rings is 1. The molecule has 0 aliphatic heterocycles. The van der Waals surface area contributed by atoms with E-state index in [-0.39, 0.29) is 28.8 Å². The van der Waals surface area contributed by atoms with Crippen LogP contribution in [0.25, 0.3) is 0 Å². The summed E-state index contributed by atoms with van der Waals surface area (Å²) in [5.41, 5.74) is 5.55. The van der Waals surface area contributed by atoms with Gasteiger partial charge in [0.25, 0.3) is 5.91 Å². The molecule has 0 saturated carbocycles. The zero-order valence-corrected chi connectivity index (χ0v) is 10.4. The van der Waals surface area contributed by atoms with Gasteiger partial charge in [-0.1, -0.05) is 12.2 Å². The molecule has 1 aromatic carbocycles. The second-order valence-corrected chi connectivity index (χ2v) is 4.00. The average molecular weight is 256 g/mol. The molecule has 6 heteroatoms. The zero-order chi connectivity index (χ0) is 13.0. The molecule has 0 heterocycles. The van der Waals surface area contributed by atoms with Crippen LogP contribution in [0.5, 0.6) is 5.75 Å². The van der Waals surface area contributed by atoms with Gasteiger partial charge < -0.3 is 15.4 Å². The molecule has 17 heavy (non-hydrogen) atoms. The first kappa shape index (κ1) is 13.4. The third-order valence-electron chi connectivity index (χ3n) is 2.14. The van der Waals surface area contributed by atoms with Crippen molar-refractivity contribution < 1.29 is 13.9 Å².